The molecular formula is C9H8F3NO4. The Kier molecular flexibility index (Phi) is 3.56. The molecule has 5 nitrogen and oxygen atoms in total. The Morgan fingerprint density at radius 2 is 2.00 bits per heavy atom. The second-order valence-electron chi connectivity index (χ2n) is 3.33. The molecule has 1 unspecified atom stereocenters. The van der Waals surface area contributed by atoms with Crippen molar-refractivity contribution >= 4 is 5.69 Å². The molecule has 0 aromatic heterocycles. The molecule has 1 aromatic rings. The van der Waals surface area contributed by atoms with E-state index >= 15 is 0 Å². The Morgan fingerprint density at radius 3 is 2.47 bits per heavy atom. The minimum Gasteiger partial charge on any atom is -0.508 e. The maximum Gasteiger partial charge on any atom is 0.414 e. The van der Waals surface area contributed by atoms with E-state index in [9.17, 15) is 28.4 Å². The quantitative estimate of drug-likeness (QED) is 0.633. The zero-order chi connectivity index (χ0) is 13.2. The number of halogens is 3. The van der Waals surface area contributed by atoms with Gasteiger partial charge in [-0.05, 0) is 6.07 Å². The zero-order valence-corrected chi connectivity index (χ0v) is 8.31. The summed E-state index contributed by atoms with van der Waals surface area (Å²) in [4.78, 5) is 9.58. The lowest BCUT2D eigenvalue weighted by Crippen LogP contribution is -2.30. The van der Waals surface area contributed by atoms with Crippen LogP contribution in [0.25, 0.3) is 0 Å². The van der Waals surface area contributed by atoms with E-state index in [0.717, 1.165) is 18.2 Å². The number of benzene rings is 1. The second-order valence-corrected chi connectivity index (χ2v) is 3.33. The first-order valence-corrected chi connectivity index (χ1v) is 4.43. The van der Waals surface area contributed by atoms with Crippen LogP contribution in [-0.4, -0.2) is 27.4 Å². The molecule has 0 radical (unpaired) electrons. The molecule has 2 N–H and O–H groups in total. The standard InChI is InChI=1S/C9H8F3NO4/c10-9(11,12)8(15)4-5-3-6(13(16)17)1-2-7(5)14/h1-3,8,14-15H,4H2. The molecule has 0 saturated heterocycles. The van der Waals surface area contributed by atoms with Crippen LogP contribution < -0.4 is 0 Å². The van der Waals surface area contributed by atoms with Crippen LogP contribution >= 0.6 is 0 Å². The van der Waals surface area contributed by atoms with E-state index in [1.54, 1.807) is 0 Å². The molecule has 0 aliphatic carbocycles. The number of nitrogens with zero attached hydrogens (tertiary/aromatic N) is 1. The van der Waals surface area contributed by atoms with Crippen molar-refractivity contribution in [2.75, 3.05) is 0 Å². The molecule has 0 aliphatic rings. The summed E-state index contributed by atoms with van der Waals surface area (Å²) in [5, 5.41) is 28.4. The van der Waals surface area contributed by atoms with Crippen LogP contribution in [0.3, 0.4) is 0 Å². The van der Waals surface area contributed by atoms with Gasteiger partial charge in [0.2, 0.25) is 0 Å². The van der Waals surface area contributed by atoms with E-state index in [0.29, 0.717) is 0 Å². The smallest absolute Gasteiger partial charge is 0.414 e. The molecule has 8 heteroatoms. The number of rotatable bonds is 3. The third kappa shape index (κ3) is 3.31. The second kappa shape index (κ2) is 4.58. The summed E-state index contributed by atoms with van der Waals surface area (Å²) in [5.41, 5.74) is -0.781. The highest BCUT2D eigenvalue weighted by molar-refractivity contribution is 5.43. The Morgan fingerprint density at radius 1 is 1.41 bits per heavy atom. The average molecular weight is 251 g/mol. The number of aliphatic hydroxyl groups is 1. The molecule has 1 aromatic carbocycles. The number of nitro benzene ring substituents is 1. The van der Waals surface area contributed by atoms with Crippen molar-refractivity contribution in [2.45, 2.75) is 18.7 Å². The molecule has 0 saturated carbocycles. The summed E-state index contributed by atoms with van der Waals surface area (Å²) >= 11 is 0. The van der Waals surface area contributed by atoms with Gasteiger partial charge in [0.1, 0.15) is 5.75 Å². The molecule has 1 atom stereocenters. The van der Waals surface area contributed by atoms with Gasteiger partial charge in [0.15, 0.2) is 6.10 Å². The van der Waals surface area contributed by atoms with E-state index in [1.807, 2.05) is 0 Å². The predicted molar refractivity (Wildman–Crippen MR) is 50.5 cm³/mol. The van der Waals surface area contributed by atoms with Crippen molar-refractivity contribution in [3.05, 3.63) is 33.9 Å². The van der Waals surface area contributed by atoms with E-state index in [1.165, 1.54) is 0 Å². The molecule has 0 bridgehead atoms. The summed E-state index contributed by atoms with van der Waals surface area (Å²) in [6.45, 7) is 0. The van der Waals surface area contributed by atoms with Crippen molar-refractivity contribution in [2.24, 2.45) is 0 Å². The van der Waals surface area contributed by atoms with Crippen LogP contribution in [-0.2, 0) is 6.42 Å². The van der Waals surface area contributed by atoms with Gasteiger partial charge in [-0.15, -0.1) is 0 Å². The molecule has 1 rings (SSSR count). The van der Waals surface area contributed by atoms with Gasteiger partial charge in [-0.3, -0.25) is 10.1 Å². The fourth-order valence-corrected chi connectivity index (χ4v) is 1.17. The highest BCUT2D eigenvalue weighted by Gasteiger charge is 2.38. The Balaban J connectivity index is 2.98. The van der Waals surface area contributed by atoms with Crippen LogP contribution in [0.5, 0.6) is 5.75 Å². The first-order chi connectivity index (χ1) is 7.71. The van der Waals surface area contributed by atoms with E-state index in [4.69, 9.17) is 5.11 Å². The summed E-state index contributed by atoms with van der Waals surface area (Å²) < 4.78 is 36.2. The molecule has 0 amide bonds. The predicted octanol–water partition coefficient (Wildman–Crippen LogP) is 1.77. The van der Waals surface area contributed by atoms with E-state index < -0.39 is 35.1 Å². The largest absolute Gasteiger partial charge is 0.508 e. The number of phenols is 1. The van der Waals surface area contributed by atoms with Gasteiger partial charge in [-0.25, -0.2) is 0 Å². The third-order valence-electron chi connectivity index (χ3n) is 2.06. The van der Waals surface area contributed by atoms with Crippen LogP contribution in [0, 0.1) is 10.1 Å². The molecule has 0 heterocycles. The summed E-state index contributed by atoms with van der Waals surface area (Å²) in [6.07, 6.45) is -8.44. The zero-order valence-electron chi connectivity index (χ0n) is 8.31. The Hall–Kier alpha value is -1.83. The fourth-order valence-electron chi connectivity index (χ4n) is 1.17. The third-order valence-corrected chi connectivity index (χ3v) is 2.06. The number of hydrogen-bond donors (Lipinski definition) is 2. The monoisotopic (exact) mass is 251 g/mol. The lowest BCUT2D eigenvalue weighted by Gasteiger charge is -2.14. The van der Waals surface area contributed by atoms with Gasteiger partial charge >= 0.3 is 6.18 Å². The van der Waals surface area contributed by atoms with Crippen molar-refractivity contribution in [3.63, 3.8) is 0 Å². The maximum absolute atomic E-state index is 12.1. The van der Waals surface area contributed by atoms with Crippen molar-refractivity contribution in [1.82, 2.24) is 0 Å². The normalized spacial score (nSPS) is 13.4. The number of hydrogen-bond acceptors (Lipinski definition) is 4. The van der Waals surface area contributed by atoms with Gasteiger partial charge in [0, 0.05) is 24.1 Å². The molecule has 0 aliphatic heterocycles. The minimum atomic E-state index is -4.84. The SMILES string of the molecule is O=[N+]([O-])c1ccc(O)c(CC(O)C(F)(F)F)c1. The lowest BCUT2D eigenvalue weighted by atomic mass is 10.1. The number of non-ortho nitro benzene ring substituents is 1. The Bertz CT molecular complexity index is 433. The molecule has 17 heavy (non-hydrogen) atoms. The Labute approximate surface area is 93.3 Å². The van der Waals surface area contributed by atoms with Gasteiger partial charge in [0.25, 0.3) is 5.69 Å². The van der Waals surface area contributed by atoms with Crippen LogP contribution in [0.4, 0.5) is 18.9 Å². The van der Waals surface area contributed by atoms with Gasteiger partial charge in [-0.2, -0.15) is 13.2 Å². The lowest BCUT2D eigenvalue weighted by molar-refractivity contribution is -0.385. The number of aliphatic hydroxyl groups excluding tert-OH is 1. The van der Waals surface area contributed by atoms with E-state index in [2.05, 4.69) is 0 Å². The number of phenolic OH excluding ortho intramolecular Hbond substituents is 1. The van der Waals surface area contributed by atoms with Crippen molar-refractivity contribution in [3.8, 4) is 5.75 Å². The van der Waals surface area contributed by atoms with Crippen molar-refractivity contribution < 1.29 is 28.3 Å². The molecule has 94 valence electrons. The summed E-state index contributed by atoms with van der Waals surface area (Å²) in [7, 11) is 0. The highest BCUT2D eigenvalue weighted by Crippen LogP contribution is 2.28. The number of alkyl halides is 3. The first kappa shape index (κ1) is 13.2. The van der Waals surface area contributed by atoms with Crippen molar-refractivity contribution in [1.29, 1.82) is 0 Å². The average Bonchev–Trinajstić information content (AvgIpc) is 2.19. The molecule has 0 fully saturated rings. The topological polar surface area (TPSA) is 83.6 Å². The summed E-state index contributed by atoms with van der Waals surface area (Å²) in [6, 6.07) is 2.67. The summed E-state index contributed by atoms with van der Waals surface area (Å²) in [5.74, 6) is -0.529. The molecule has 0 spiro atoms. The number of aromatic hydroxyl groups is 1. The van der Waals surface area contributed by atoms with Gasteiger partial charge < -0.3 is 10.2 Å². The number of nitro groups is 1. The highest BCUT2D eigenvalue weighted by atomic mass is 19.4. The minimum absolute atomic E-state index is 0.330. The van der Waals surface area contributed by atoms with E-state index in [-0.39, 0.29) is 5.56 Å². The fraction of sp³-hybridized carbons (Fsp3) is 0.333. The van der Waals surface area contributed by atoms with Gasteiger partial charge in [-0.1, -0.05) is 0 Å². The maximum atomic E-state index is 12.1. The van der Waals surface area contributed by atoms with Gasteiger partial charge in [0.05, 0.1) is 4.92 Å². The molecular weight excluding hydrogens is 243 g/mol. The van der Waals surface area contributed by atoms with Crippen LogP contribution in [0.2, 0.25) is 0 Å². The van der Waals surface area contributed by atoms with Crippen LogP contribution in [0.1, 0.15) is 5.56 Å². The van der Waals surface area contributed by atoms with Crippen LogP contribution in [0.15, 0.2) is 18.2 Å². The first-order valence-electron chi connectivity index (χ1n) is 4.43.